The molecule has 0 aromatic carbocycles. The topological polar surface area (TPSA) is 67.5 Å². The van der Waals surface area contributed by atoms with Crippen molar-refractivity contribution in [3.8, 4) is 0 Å². The van der Waals surface area contributed by atoms with Gasteiger partial charge in [0.15, 0.2) is 0 Å². The van der Waals surface area contributed by atoms with E-state index in [9.17, 15) is 5.11 Å². The van der Waals surface area contributed by atoms with Crippen molar-refractivity contribution in [3.05, 3.63) is 17.8 Å². The number of nitrogens with one attached hydrogen (secondary N) is 1. The number of oxazole rings is 1. The quantitative estimate of drug-likeness (QED) is 0.576. The Morgan fingerprint density at radius 1 is 1.35 bits per heavy atom. The smallest absolute Gasteiger partial charge is 0.208 e. The molecule has 0 saturated carbocycles. The molecule has 5 heteroatoms. The first kappa shape index (κ1) is 17.1. The number of aliphatic hydroxyl groups is 1. The lowest BCUT2D eigenvalue weighted by molar-refractivity contribution is 0.0351. The van der Waals surface area contributed by atoms with E-state index < -0.39 is 6.10 Å². The molecule has 116 valence electrons. The van der Waals surface area contributed by atoms with E-state index >= 15 is 0 Å². The molecular formula is C15H28N2O3. The van der Waals surface area contributed by atoms with Crippen LogP contribution in [0.3, 0.4) is 0 Å². The maximum atomic E-state index is 9.74. The third-order valence-corrected chi connectivity index (χ3v) is 3.06. The number of hydrogen-bond donors (Lipinski definition) is 2. The van der Waals surface area contributed by atoms with Crippen LogP contribution in [-0.2, 0) is 17.7 Å². The fourth-order valence-electron chi connectivity index (χ4n) is 1.85. The van der Waals surface area contributed by atoms with E-state index in [0.717, 1.165) is 25.2 Å². The number of unbranched alkanes of at least 4 members (excludes halogenated alkanes) is 3. The Morgan fingerprint density at radius 2 is 2.20 bits per heavy atom. The first-order valence-electron chi connectivity index (χ1n) is 7.66. The van der Waals surface area contributed by atoms with E-state index in [1.54, 1.807) is 6.20 Å². The summed E-state index contributed by atoms with van der Waals surface area (Å²) in [4.78, 5) is 4.15. The van der Waals surface area contributed by atoms with Crippen molar-refractivity contribution in [2.45, 2.75) is 58.6 Å². The van der Waals surface area contributed by atoms with Crippen molar-refractivity contribution in [2.75, 3.05) is 19.8 Å². The average molecular weight is 284 g/mol. The summed E-state index contributed by atoms with van der Waals surface area (Å²) < 4.78 is 10.9. The largest absolute Gasteiger partial charge is 0.444 e. The summed E-state index contributed by atoms with van der Waals surface area (Å²) in [7, 11) is 0. The first-order valence-corrected chi connectivity index (χ1v) is 7.66. The second kappa shape index (κ2) is 10.8. The summed E-state index contributed by atoms with van der Waals surface area (Å²) >= 11 is 0. The molecule has 2 N–H and O–H groups in total. The molecule has 1 unspecified atom stereocenters. The zero-order chi connectivity index (χ0) is 14.6. The normalized spacial score (nSPS) is 12.8. The molecule has 0 spiro atoms. The van der Waals surface area contributed by atoms with Gasteiger partial charge in [-0.1, -0.05) is 33.1 Å². The van der Waals surface area contributed by atoms with Crippen LogP contribution in [0.25, 0.3) is 0 Å². The summed E-state index contributed by atoms with van der Waals surface area (Å²) in [5.74, 6) is 1.55. The van der Waals surface area contributed by atoms with Crippen LogP contribution in [0.1, 0.15) is 51.2 Å². The third kappa shape index (κ3) is 7.62. The number of aliphatic hydroxyl groups excluding tert-OH is 1. The highest BCUT2D eigenvalue weighted by atomic mass is 16.5. The lowest BCUT2D eigenvalue weighted by Crippen LogP contribution is -2.30. The van der Waals surface area contributed by atoms with Gasteiger partial charge in [-0.2, -0.15) is 0 Å². The van der Waals surface area contributed by atoms with Gasteiger partial charge in [-0.25, -0.2) is 4.98 Å². The summed E-state index contributed by atoms with van der Waals surface area (Å²) in [6.45, 7) is 6.35. The molecule has 1 rings (SSSR count). The standard InChI is InChI=1S/C15H28N2O3/c1-3-5-6-7-8-19-12-13(18)9-16-11-15-17-10-14(4-2)20-15/h10,13,16,18H,3-9,11-12H2,1-2H3. The van der Waals surface area contributed by atoms with Crippen molar-refractivity contribution in [2.24, 2.45) is 0 Å². The van der Waals surface area contributed by atoms with Crippen LogP contribution in [0.15, 0.2) is 10.6 Å². The second-order valence-corrected chi connectivity index (χ2v) is 4.99. The van der Waals surface area contributed by atoms with Crippen LogP contribution in [0.4, 0.5) is 0 Å². The average Bonchev–Trinajstić information content (AvgIpc) is 2.90. The van der Waals surface area contributed by atoms with Crippen LogP contribution in [0.2, 0.25) is 0 Å². The molecule has 0 saturated heterocycles. The van der Waals surface area contributed by atoms with Crippen LogP contribution in [0.5, 0.6) is 0 Å². The lowest BCUT2D eigenvalue weighted by atomic mass is 10.2. The zero-order valence-electron chi connectivity index (χ0n) is 12.7. The Balaban J connectivity index is 1.98. The molecule has 1 atom stereocenters. The summed E-state index contributed by atoms with van der Waals surface area (Å²) in [6.07, 6.45) is 6.87. The van der Waals surface area contributed by atoms with Crippen molar-refractivity contribution in [1.29, 1.82) is 0 Å². The minimum absolute atomic E-state index is 0.380. The second-order valence-electron chi connectivity index (χ2n) is 4.99. The van der Waals surface area contributed by atoms with Gasteiger partial charge in [-0.05, 0) is 6.42 Å². The lowest BCUT2D eigenvalue weighted by Gasteiger charge is -2.11. The number of rotatable bonds is 12. The Morgan fingerprint density at radius 3 is 2.90 bits per heavy atom. The highest BCUT2D eigenvalue weighted by Gasteiger charge is 2.06. The minimum atomic E-state index is -0.484. The Kier molecular flexibility index (Phi) is 9.28. The monoisotopic (exact) mass is 284 g/mol. The fourth-order valence-corrected chi connectivity index (χ4v) is 1.85. The van der Waals surface area contributed by atoms with E-state index in [1.165, 1.54) is 19.3 Å². The summed E-state index contributed by atoms with van der Waals surface area (Å²) in [5.41, 5.74) is 0. The predicted octanol–water partition coefficient (Wildman–Crippen LogP) is 2.28. The molecule has 1 aromatic heterocycles. The molecule has 0 aliphatic carbocycles. The Hall–Kier alpha value is -0.910. The van der Waals surface area contributed by atoms with Crippen LogP contribution in [-0.4, -0.2) is 36.0 Å². The molecule has 0 aliphatic heterocycles. The molecule has 0 bridgehead atoms. The maximum absolute atomic E-state index is 9.74. The number of aromatic nitrogens is 1. The Labute approximate surface area is 121 Å². The minimum Gasteiger partial charge on any atom is -0.444 e. The van der Waals surface area contributed by atoms with Crippen molar-refractivity contribution < 1.29 is 14.3 Å². The van der Waals surface area contributed by atoms with Gasteiger partial charge in [0.1, 0.15) is 5.76 Å². The van der Waals surface area contributed by atoms with Gasteiger partial charge in [-0.15, -0.1) is 0 Å². The van der Waals surface area contributed by atoms with Crippen molar-refractivity contribution >= 4 is 0 Å². The first-order chi connectivity index (χ1) is 9.76. The highest BCUT2D eigenvalue weighted by Crippen LogP contribution is 2.03. The van der Waals surface area contributed by atoms with Crippen LogP contribution in [0, 0.1) is 0 Å². The number of nitrogens with zero attached hydrogens (tertiary/aromatic N) is 1. The van der Waals surface area contributed by atoms with E-state index in [2.05, 4.69) is 17.2 Å². The maximum Gasteiger partial charge on any atom is 0.208 e. The summed E-state index contributed by atoms with van der Waals surface area (Å²) in [5, 5.41) is 12.9. The van der Waals surface area contributed by atoms with E-state index in [-0.39, 0.29) is 0 Å². The molecule has 1 heterocycles. The van der Waals surface area contributed by atoms with Crippen molar-refractivity contribution in [1.82, 2.24) is 10.3 Å². The molecule has 5 nitrogen and oxygen atoms in total. The highest BCUT2D eigenvalue weighted by molar-refractivity contribution is 4.93. The van der Waals surface area contributed by atoms with Gasteiger partial charge in [0, 0.05) is 19.6 Å². The number of aryl methyl sites for hydroxylation is 1. The molecule has 20 heavy (non-hydrogen) atoms. The molecule has 0 amide bonds. The molecule has 0 radical (unpaired) electrons. The van der Waals surface area contributed by atoms with E-state index in [4.69, 9.17) is 9.15 Å². The molecule has 0 fully saturated rings. The third-order valence-electron chi connectivity index (χ3n) is 3.06. The molecule has 0 aliphatic rings. The van der Waals surface area contributed by atoms with E-state index in [0.29, 0.717) is 25.6 Å². The zero-order valence-corrected chi connectivity index (χ0v) is 12.7. The van der Waals surface area contributed by atoms with Crippen LogP contribution >= 0.6 is 0 Å². The van der Waals surface area contributed by atoms with Crippen LogP contribution < -0.4 is 5.32 Å². The van der Waals surface area contributed by atoms with Gasteiger partial charge in [0.25, 0.3) is 0 Å². The molecule has 1 aromatic rings. The summed E-state index contributed by atoms with van der Waals surface area (Å²) in [6, 6.07) is 0. The Bertz CT molecular complexity index is 342. The van der Waals surface area contributed by atoms with Crippen molar-refractivity contribution in [3.63, 3.8) is 0 Å². The number of hydrogen-bond acceptors (Lipinski definition) is 5. The number of ether oxygens (including phenoxy) is 1. The predicted molar refractivity (Wildman–Crippen MR) is 78.6 cm³/mol. The van der Waals surface area contributed by atoms with Gasteiger partial charge < -0.3 is 19.6 Å². The SMILES string of the molecule is CCCCCCOCC(O)CNCc1ncc(CC)o1. The van der Waals surface area contributed by atoms with E-state index in [1.807, 2.05) is 6.92 Å². The van der Waals surface area contributed by atoms with Gasteiger partial charge >= 0.3 is 0 Å². The van der Waals surface area contributed by atoms with Gasteiger partial charge in [-0.3, -0.25) is 0 Å². The molecular weight excluding hydrogens is 256 g/mol. The van der Waals surface area contributed by atoms with Gasteiger partial charge in [0.05, 0.1) is 25.5 Å². The fraction of sp³-hybridized carbons (Fsp3) is 0.800. The van der Waals surface area contributed by atoms with Gasteiger partial charge in [0.2, 0.25) is 5.89 Å².